The second-order valence-electron chi connectivity index (χ2n) is 5.68. The van der Waals surface area contributed by atoms with Crippen LogP contribution in [0.15, 0.2) is 10.5 Å². The number of esters is 1. The molecule has 1 aromatic heterocycles. The molecule has 0 atom stereocenters. The average molecular weight is 345 g/mol. The molecule has 0 spiro atoms. The molecule has 1 aliphatic rings. The number of methoxy groups -OCH3 is 1. The fourth-order valence-electron chi connectivity index (χ4n) is 2.72. The van der Waals surface area contributed by atoms with Crippen LogP contribution in [0.4, 0.5) is 0 Å². The van der Waals surface area contributed by atoms with E-state index in [-0.39, 0.29) is 18.3 Å². The van der Waals surface area contributed by atoms with Crippen LogP contribution in [0, 0.1) is 12.8 Å². The number of hydrogen-bond donors (Lipinski definition) is 2. The highest BCUT2D eigenvalue weighted by Gasteiger charge is 2.17. The number of carbonyl (C=O) groups excluding carboxylic acids is 2. The maximum Gasteiger partial charge on any atom is 0.341 e. The summed E-state index contributed by atoms with van der Waals surface area (Å²) in [5.41, 5.74) is 0.404. The molecular weight excluding hydrogens is 320 g/mol. The first kappa shape index (κ1) is 19.5. The Morgan fingerprint density at radius 3 is 2.74 bits per heavy atom. The molecule has 1 aliphatic heterocycles. The minimum atomic E-state index is -0.426. The first-order valence-corrected chi connectivity index (χ1v) is 7.75. The smallest absolute Gasteiger partial charge is 0.341 e. The molecule has 2 N–H and O–H groups in total. The van der Waals surface area contributed by atoms with E-state index in [1.807, 2.05) is 0 Å². The zero-order valence-corrected chi connectivity index (χ0v) is 14.5. The van der Waals surface area contributed by atoms with Gasteiger partial charge in [-0.15, -0.1) is 12.4 Å². The van der Waals surface area contributed by atoms with Crippen LogP contribution < -0.4 is 10.6 Å². The van der Waals surface area contributed by atoms with Crippen LogP contribution in [-0.2, 0) is 16.1 Å². The van der Waals surface area contributed by atoms with Crippen molar-refractivity contribution in [1.29, 1.82) is 0 Å². The molecule has 1 amide bonds. The number of amides is 1. The van der Waals surface area contributed by atoms with Crippen molar-refractivity contribution in [2.75, 3.05) is 20.2 Å². The van der Waals surface area contributed by atoms with Crippen LogP contribution in [0.25, 0.3) is 0 Å². The van der Waals surface area contributed by atoms with Gasteiger partial charge in [-0.2, -0.15) is 0 Å². The van der Waals surface area contributed by atoms with Crippen molar-refractivity contribution in [1.82, 2.24) is 10.6 Å². The van der Waals surface area contributed by atoms with Gasteiger partial charge in [-0.25, -0.2) is 4.79 Å². The van der Waals surface area contributed by atoms with Gasteiger partial charge in [0.15, 0.2) is 0 Å². The van der Waals surface area contributed by atoms with E-state index in [1.165, 1.54) is 7.11 Å². The van der Waals surface area contributed by atoms with Crippen LogP contribution in [0.3, 0.4) is 0 Å². The van der Waals surface area contributed by atoms with Gasteiger partial charge in [0.2, 0.25) is 5.91 Å². The van der Waals surface area contributed by atoms with Crippen molar-refractivity contribution in [2.45, 2.75) is 39.2 Å². The summed E-state index contributed by atoms with van der Waals surface area (Å²) in [4.78, 5) is 23.4. The summed E-state index contributed by atoms with van der Waals surface area (Å²) >= 11 is 0. The van der Waals surface area contributed by atoms with Crippen molar-refractivity contribution < 1.29 is 18.7 Å². The summed E-state index contributed by atoms with van der Waals surface area (Å²) in [5, 5.41) is 6.16. The molecule has 0 radical (unpaired) electrons. The summed E-state index contributed by atoms with van der Waals surface area (Å²) in [5.74, 6) is 1.31. The number of carbonyl (C=O) groups is 2. The third kappa shape index (κ3) is 5.88. The van der Waals surface area contributed by atoms with E-state index in [2.05, 4.69) is 15.4 Å². The molecule has 130 valence electrons. The minimum absolute atomic E-state index is 0. The highest BCUT2D eigenvalue weighted by molar-refractivity contribution is 5.90. The number of piperidine rings is 1. The van der Waals surface area contributed by atoms with Crippen LogP contribution in [0.1, 0.15) is 47.6 Å². The second-order valence-corrected chi connectivity index (χ2v) is 5.68. The van der Waals surface area contributed by atoms with Crippen LogP contribution >= 0.6 is 12.4 Å². The molecule has 0 aromatic carbocycles. The Morgan fingerprint density at radius 1 is 1.39 bits per heavy atom. The topological polar surface area (TPSA) is 80.6 Å². The molecule has 0 aliphatic carbocycles. The standard InChI is InChI=1S/C16H24N2O4.ClH/c1-11-14(16(20)21-2)9-13(22-11)10-18-15(19)4-3-12-5-7-17-8-6-12;/h9,12,17H,3-8,10H2,1-2H3,(H,18,19);1H. The van der Waals surface area contributed by atoms with E-state index in [0.29, 0.717) is 36.0 Å². The van der Waals surface area contributed by atoms with Crippen LogP contribution in [-0.4, -0.2) is 32.1 Å². The third-order valence-corrected chi connectivity index (χ3v) is 4.07. The van der Waals surface area contributed by atoms with Crippen molar-refractivity contribution in [3.8, 4) is 0 Å². The first-order chi connectivity index (χ1) is 10.6. The minimum Gasteiger partial charge on any atom is -0.465 e. The summed E-state index contributed by atoms with van der Waals surface area (Å²) in [7, 11) is 1.33. The number of nitrogens with one attached hydrogen (secondary N) is 2. The summed E-state index contributed by atoms with van der Waals surface area (Å²) in [6.45, 7) is 4.10. The first-order valence-electron chi connectivity index (χ1n) is 7.75. The Hall–Kier alpha value is -1.53. The molecule has 0 saturated carbocycles. The predicted octanol–water partition coefficient (Wildman–Crippen LogP) is 2.19. The van der Waals surface area contributed by atoms with E-state index < -0.39 is 5.97 Å². The number of halogens is 1. The Bertz CT molecular complexity index is 524. The Morgan fingerprint density at radius 2 is 2.09 bits per heavy atom. The molecule has 0 bridgehead atoms. The lowest BCUT2D eigenvalue weighted by Gasteiger charge is -2.22. The molecule has 23 heavy (non-hydrogen) atoms. The van der Waals surface area contributed by atoms with E-state index in [4.69, 9.17) is 4.42 Å². The summed E-state index contributed by atoms with van der Waals surface area (Å²) < 4.78 is 10.1. The van der Waals surface area contributed by atoms with E-state index in [9.17, 15) is 9.59 Å². The van der Waals surface area contributed by atoms with Gasteiger partial charge in [0.25, 0.3) is 0 Å². The van der Waals surface area contributed by atoms with Gasteiger partial charge in [0, 0.05) is 6.42 Å². The molecule has 2 heterocycles. The molecule has 7 heteroatoms. The van der Waals surface area contributed by atoms with E-state index in [0.717, 1.165) is 32.4 Å². The molecule has 1 fully saturated rings. The SMILES string of the molecule is COC(=O)c1cc(CNC(=O)CCC2CCNCC2)oc1C.Cl. The number of furan rings is 1. The lowest BCUT2D eigenvalue weighted by molar-refractivity contribution is -0.121. The number of aryl methyl sites for hydroxylation is 1. The number of rotatable bonds is 6. The third-order valence-electron chi connectivity index (χ3n) is 4.07. The van der Waals surface area contributed by atoms with Gasteiger partial charge < -0.3 is 19.8 Å². The van der Waals surface area contributed by atoms with Gasteiger partial charge >= 0.3 is 5.97 Å². The highest BCUT2D eigenvalue weighted by Crippen LogP contribution is 2.18. The summed E-state index contributed by atoms with van der Waals surface area (Å²) in [6.07, 6.45) is 3.76. The Balaban J connectivity index is 0.00000264. The zero-order valence-electron chi connectivity index (χ0n) is 13.6. The molecule has 1 aromatic rings. The molecular formula is C16H25ClN2O4. The van der Waals surface area contributed by atoms with Crippen molar-refractivity contribution in [3.63, 3.8) is 0 Å². The van der Waals surface area contributed by atoms with Gasteiger partial charge in [0.05, 0.1) is 13.7 Å². The Kier molecular flexibility index (Phi) is 8.12. The van der Waals surface area contributed by atoms with Crippen molar-refractivity contribution in [3.05, 3.63) is 23.2 Å². The molecule has 1 saturated heterocycles. The lowest BCUT2D eigenvalue weighted by Crippen LogP contribution is -2.29. The monoisotopic (exact) mass is 344 g/mol. The molecule has 0 unspecified atom stereocenters. The van der Waals surface area contributed by atoms with Crippen molar-refractivity contribution in [2.24, 2.45) is 5.92 Å². The number of ether oxygens (including phenoxy) is 1. The van der Waals surface area contributed by atoms with E-state index in [1.54, 1.807) is 13.0 Å². The fraction of sp³-hybridized carbons (Fsp3) is 0.625. The predicted molar refractivity (Wildman–Crippen MR) is 88.7 cm³/mol. The maximum atomic E-state index is 11.9. The average Bonchev–Trinajstić information content (AvgIpc) is 2.92. The quantitative estimate of drug-likeness (QED) is 0.773. The van der Waals surface area contributed by atoms with Crippen LogP contribution in [0.5, 0.6) is 0 Å². The van der Waals surface area contributed by atoms with E-state index >= 15 is 0 Å². The largest absolute Gasteiger partial charge is 0.465 e. The fourth-order valence-corrected chi connectivity index (χ4v) is 2.72. The van der Waals surface area contributed by atoms with Gasteiger partial charge in [-0.05, 0) is 51.3 Å². The van der Waals surface area contributed by atoms with Gasteiger partial charge in [-0.3, -0.25) is 4.79 Å². The molecule has 6 nitrogen and oxygen atoms in total. The van der Waals surface area contributed by atoms with Crippen molar-refractivity contribution >= 4 is 24.3 Å². The van der Waals surface area contributed by atoms with Crippen LogP contribution in [0.2, 0.25) is 0 Å². The maximum absolute atomic E-state index is 11.9. The van der Waals surface area contributed by atoms with Gasteiger partial charge in [-0.1, -0.05) is 0 Å². The lowest BCUT2D eigenvalue weighted by atomic mass is 9.93. The summed E-state index contributed by atoms with van der Waals surface area (Å²) in [6, 6.07) is 1.62. The Labute approximate surface area is 142 Å². The molecule has 2 rings (SSSR count). The number of hydrogen-bond acceptors (Lipinski definition) is 5. The van der Waals surface area contributed by atoms with Gasteiger partial charge in [0.1, 0.15) is 17.1 Å². The second kappa shape index (κ2) is 9.57. The normalized spacial score (nSPS) is 14.9. The highest BCUT2D eigenvalue weighted by atomic mass is 35.5. The zero-order chi connectivity index (χ0) is 15.9.